The topological polar surface area (TPSA) is 37.3 Å². The number of carboxylic acids is 1. The highest BCUT2D eigenvalue weighted by Crippen LogP contribution is 2.13. The number of halogens is 1. The van der Waals surface area contributed by atoms with Gasteiger partial charge in [-0.3, -0.25) is 4.79 Å². The number of alkyl halides is 1. The number of hydrogen-bond donors (Lipinski definition) is 1. The Morgan fingerprint density at radius 1 is 1.31 bits per heavy atom. The molecule has 0 saturated carbocycles. The van der Waals surface area contributed by atoms with Gasteiger partial charge in [-0.05, 0) is 24.5 Å². The van der Waals surface area contributed by atoms with E-state index in [2.05, 4.69) is 0 Å². The highest BCUT2D eigenvalue weighted by atomic mass is 19.1. The molecule has 0 heterocycles. The van der Waals surface area contributed by atoms with Crippen LogP contribution in [-0.2, 0) is 17.6 Å². The van der Waals surface area contributed by atoms with Crippen molar-refractivity contribution in [2.24, 2.45) is 5.92 Å². The smallest absolute Gasteiger partial charge is 0.306 e. The van der Waals surface area contributed by atoms with E-state index in [4.69, 9.17) is 5.11 Å². The number of carboxylic acid groups (broad SMARTS) is 1. The van der Waals surface area contributed by atoms with Crippen molar-refractivity contribution in [3.8, 4) is 0 Å². The van der Waals surface area contributed by atoms with Crippen molar-refractivity contribution in [3.63, 3.8) is 0 Å². The molecule has 0 aliphatic carbocycles. The Bertz CT molecular complexity index is 361. The molecule has 16 heavy (non-hydrogen) atoms. The zero-order valence-corrected chi connectivity index (χ0v) is 9.61. The van der Waals surface area contributed by atoms with E-state index in [1.165, 1.54) is 6.92 Å². The van der Waals surface area contributed by atoms with Gasteiger partial charge in [0.1, 0.15) is 6.17 Å². The van der Waals surface area contributed by atoms with E-state index in [1.54, 1.807) is 6.92 Å². The molecule has 0 saturated heterocycles. The normalized spacial score (nSPS) is 14.4. The molecule has 1 N–H and O–H groups in total. The molecule has 0 amide bonds. The van der Waals surface area contributed by atoms with Crippen molar-refractivity contribution in [3.05, 3.63) is 35.4 Å². The van der Waals surface area contributed by atoms with E-state index in [0.717, 1.165) is 11.1 Å². The lowest BCUT2D eigenvalue weighted by molar-refractivity contribution is -0.141. The standard InChI is InChI=1S/C13H17FO2/c1-9(13(15)16)6-11-4-3-5-12(8-11)7-10(2)14/h3-5,8-10H,6-7H2,1-2H3,(H,15,16). The Balaban J connectivity index is 2.70. The van der Waals surface area contributed by atoms with Crippen molar-refractivity contribution in [1.29, 1.82) is 0 Å². The predicted molar refractivity (Wildman–Crippen MR) is 61.2 cm³/mol. The SMILES string of the molecule is CC(F)Cc1cccc(CC(C)C(=O)O)c1. The molecule has 0 aliphatic heterocycles. The number of benzene rings is 1. The molecule has 1 rings (SSSR count). The molecule has 0 aliphatic rings. The van der Waals surface area contributed by atoms with Crippen molar-refractivity contribution in [2.45, 2.75) is 32.9 Å². The Hall–Kier alpha value is -1.38. The van der Waals surface area contributed by atoms with Gasteiger partial charge in [0, 0.05) is 6.42 Å². The van der Waals surface area contributed by atoms with Crippen LogP contribution in [0.4, 0.5) is 4.39 Å². The maximum atomic E-state index is 12.8. The lowest BCUT2D eigenvalue weighted by Gasteiger charge is -2.08. The molecule has 0 radical (unpaired) electrons. The Morgan fingerprint density at radius 3 is 2.38 bits per heavy atom. The van der Waals surface area contributed by atoms with E-state index >= 15 is 0 Å². The summed E-state index contributed by atoms with van der Waals surface area (Å²) in [5.74, 6) is -1.21. The molecule has 2 nitrogen and oxygen atoms in total. The number of carbonyl (C=O) groups is 1. The van der Waals surface area contributed by atoms with Crippen LogP contribution in [0.25, 0.3) is 0 Å². The summed E-state index contributed by atoms with van der Waals surface area (Å²) in [5.41, 5.74) is 1.87. The van der Waals surface area contributed by atoms with E-state index in [-0.39, 0.29) is 0 Å². The fraction of sp³-hybridized carbons (Fsp3) is 0.462. The van der Waals surface area contributed by atoms with Crippen molar-refractivity contribution in [1.82, 2.24) is 0 Å². The number of aliphatic carboxylic acids is 1. The fourth-order valence-corrected chi connectivity index (χ4v) is 1.65. The van der Waals surface area contributed by atoms with Gasteiger partial charge >= 0.3 is 5.97 Å². The summed E-state index contributed by atoms with van der Waals surface area (Å²) in [4.78, 5) is 10.7. The first kappa shape index (κ1) is 12.7. The van der Waals surface area contributed by atoms with E-state index in [1.807, 2.05) is 24.3 Å². The van der Waals surface area contributed by atoms with Crippen LogP contribution in [0, 0.1) is 5.92 Å². The van der Waals surface area contributed by atoms with Gasteiger partial charge in [-0.2, -0.15) is 0 Å². The summed E-state index contributed by atoms with van der Waals surface area (Å²) in [7, 11) is 0. The third-order valence-electron chi connectivity index (χ3n) is 2.47. The summed E-state index contributed by atoms with van der Waals surface area (Å²) in [5, 5.41) is 8.80. The summed E-state index contributed by atoms with van der Waals surface area (Å²) >= 11 is 0. The average molecular weight is 224 g/mol. The first-order chi connectivity index (χ1) is 7.49. The first-order valence-corrected chi connectivity index (χ1v) is 5.43. The molecule has 3 heteroatoms. The van der Waals surface area contributed by atoms with Crippen LogP contribution in [0.5, 0.6) is 0 Å². The van der Waals surface area contributed by atoms with E-state index in [0.29, 0.717) is 12.8 Å². The zero-order chi connectivity index (χ0) is 12.1. The van der Waals surface area contributed by atoms with Crippen LogP contribution in [0.3, 0.4) is 0 Å². The summed E-state index contributed by atoms with van der Waals surface area (Å²) in [6.45, 7) is 3.19. The number of rotatable bonds is 5. The third kappa shape index (κ3) is 4.01. The van der Waals surface area contributed by atoms with Gasteiger partial charge < -0.3 is 5.11 Å². The van der Waals surface area contributed by atoms with Gasteiger partial charge in [0.15, 0.2) is 0 Å². The van der Waals surface area contributed by atoms with E-state index in [9.17, 15) is 9.18 Å². The van der Waals surface area contributed by atoms with Crippen LogP contribution < -0.4 is 0 Å². The van der Waals surface area contributed by atoms with E-state index < -0.39 is 18.1 Å². The maximum absolute atomic E-state index is 12.8. The van der Waals surface area contributed by atoms with Crippen LogP contribution in [-0.4, -0.2) is 17.2 Å². The predicted octanol–water partition coefficient (Wildman–Crippen LogP) is 2.85. The molecule has 0 bridgehead atoms. The monoisotopic (exact) mass is 224 g/mol. The van der Waals surface area contributed by atoms with Gasteiger partial charge in [0.05, 0.1) is 5.92 Å². The Morgan fingerprint density at radius 2 is 1.88 bits per heavy atom. The van der Waals surface area contributed by atoms with Gasteiger partial charge in [0.25, 0.3) is 0 Å². The zero-order valence-electron chi connectivity index (χ0n) is 9.61. The molecule has 2 atom stereocenters. The van der Waals surface area contributed by atoms with Crippen LogP contribution in [0.2, 0.25) is 0 Å². The van der Waals surface area contributed by atoms with Crippen molar-refractivity contribution in [2.75, 3.05) is 0 Å². The van der Waals surface area contributed by atoms with Gasteiger partial charge in [-0.15, -0.1) is 0 Å². The first-order valence-electron chi connectivity index (χ1n) is 5.43. The summed E-state index contributed by atoms with van der Waals surface area (Å²) in [6.07, 6.45) is 0.00576. The maximum Gasteiger partial charge on any atom is 0.306 e. The average Bonchev–Trinajstić information content (AvgIpc) is 2.16. The Labute approximate surface area is 95.1 Å². The minimum absolute atomic E-state index is 0.384. The molecule has 1 aromatic carbocycles. The lowest BCUT2D eigenvalue weighted by atomic mass is 9.98. The molecule has 2 unspecified atom stereocenters. The minimum atomic E-state index is -0.868. The second kappa shape index (κ2) is 5.64. The fourth-order valence-electron chi connectivity index (χ4n) is 1.65. The molecule has 88 valence electrons. The quantitative estimate of drug-likeness (QED) is 0.835. The van der Waals surface area contributed by atoms with Gasteiger partial charge in [-0.25, -0.2) is 4.39 Å². The van der Waals surface area contributed by atoms with Gasteiger partial charge in [-0.1, -0.05) is 31.2 Å². The van der Waals surface area contributed by atoms with Crippen LogP contribution in [0.1, 0.15) is 25.0 Å². The molecular formula is C13H17FO2. The second-order valence-electron chi connectivity index (χ2n) is 4.25. The van der Waals surface area contributed by atoms with Crippen molar-refractivity contribution < 1.29 is 14.3 Å². The molecule has 0 fully saturated rings. The molecule has 0 spiro atoms. The molecule has 0 aromatic heterocycles. The highest BCUT2D eigenvalue weighted by molar-refractivity contribution is 5.69. The van der Waals surface area contributed by atoms with Crippen LogP contribution >= 0.6 is 0 Å². The minimum Gasteiger partial charge on any atom is -0.481 e. The largest absolute Gasteiger partial charge is 0.481 e. The highest BCUT2D eigenvalue weighted by Gasteiger charge is 2.11. The number of hydrogen-bond acceptors (Lipinski definition) is 1. The second-order valence-corrected chi connectivity index (χ2v) is 4.25. The summed E-state index contributed by atoms with van der Waals surface area (Å²) in [6, 6.07) is 7.48. The lowest BCUT2D eigenvalue weighted by Crippen LogP contribution is -2.12. The van der Waals surface area contributed by atoms with Crippen LogP contribution in [0.15, 0.2) is 24.3 Å². The molecular weight excluding hydrogens is 207 g/mol. The Kier molecular flexibility index (Phi) is 4.47. The van der Waals surface area contributed by atoms with Crippen molar-refractivity contribution >= 4 is 5.97 Å². The third-order valence-corrected chi connectivity index (χ3v) is 2.47. The molecule has 1 aromatic rings. The summed E-state index contributed by atoms with van der Waals surface area (Å²) < 4.78 is 12.8. The van der Waals surface area contributed by atoms with Gasteiger partial charge in [0.2, 0.25) is 0 Å².